The van der Waals surface area contributed by atoms with E-state index in [1.165, 1.54) is 54.9 Å². The molecule has 2 heterocycles. The summed E-state index contributed by atoms with van der Waals surface area (Å²) in [4.78, 5) is 2.40. The van der Waals surface area contributed by atoms with Crippen LogP contribution >= 0.6 is 0 Å². The van der Waals surface area contributed by atoms with Gasteiger partial charge in [-0.25, -0.2) is 0 Å². The van der Waals surface area contributed by atoms with E-state index in [1.54, 1.807) is 0 Å². The average Bonchev–Trinajstić information content (AvgIpc) is 3.57. The van der Waals surface area contributed by atoms with Crippen LogP contribution in [0.3, 0.4) is 0 Å². The number of para-hydroxylation sites is 3. The van der Waals surface area contributed by atoms with Crippen LogP contribution in [0.25, 0.3) is 49.3 Å². The number of fused-ring (bicyclic) bond motifs is 6. The Morgan fingerprint density at radius 3 is 1.69 bits per heavy atom. The highest BCUT2D eigenvalue weighted by atomic mass is 15.1. The second-order valence-corrected chi connectivity index (χ2v) is 13.0. The van der Waals surface area contributed by atoms with Gasteiger partial charge in [-0.2, -0.15) is 0 Å². The van der Waals surface area contributed by atoms with E-state index in [1.807, 2.05) is 0 Å². The van der Waals surface area contributed by atoms with Gasteiger partial charge in [-0.05, 0) is 96.8 Å². The molecule has 0 saturated carbocycles. The SMILES string of the molecule is CCn1c2ccc(N(c3ccccc3)c3ccc4c(c3)c3ccccc3n4-c3ccccc3)cc2c2cc(C(C)(C)C)ccc21. The van der Waals surface area contributed by atoms with Gasteiger partial charge < -0.3 is 14.0 Å². The molecular formula is C42H37N3. The molecule has 0 bridgehead atoms. The Balaban J connectivity index is 1.37. The zero-order chi connectivity index (χ0) is 30.7. The number of anilines is 3. The lowest BCUT2D eigenvalue weighted by Gasteiger charge is -2.26. The van der Waals surface area contributed by atoms with Gasteiger partial charge in [0.15, 0.2) is 0 Å². The summed E-state index contributed by atoms with van der Waals surface area (Å²) >= 11 is 0. The summed E-state index contributed by atoms with van der Waals surface area (Å²) in [6, 6.07) is 51.0. The van der Waals surface area contributed by atoms with Crippen LogP contribution in [0.5, 0.6) is 0 Å². The van der Waals surface area contributed by atoms with Crippen molar-refractivity contribution in [2.24, 2.45) is 0 Å². The molecule has 3 heteroatoms. The fourth-order valence-corrected chi connectivity index (χ4v) is 7.02. The first-order chi connectivity index (χ1) is 21.9. The number of hydrogen-bond donors (Lipinski definition) is 0. The lowest BCUT2D eigenvalue weighted by Crippen LogP contribution is -2.10. The van der Waals surface area contributed by atoms with Crippen LogP contribution < -0.4 is 4.90 Å². The van der Waals surface area contributed by atoms with E-state index in [-0.39, 0.29) is 5.41 Å². The molecule has 8 aromatic rings. The first kappa shape index (κ1) is 27.3. The van der Waals surface area contributed by atoms with Crippen LogP contribution in [0.4, 0.5) is 17.1 Å². The smallest absolute Gasteiger partial charge is 0.0542 e. The standard InChI is InChI=1S/C42H37N3/c1-5-43-38-23-20-29(42(2,3)4)26-35(38)37-28-32(21-24-39(37)43)44(30-14-8-6-9-15-30)33-22-25-41-36(27-33)34-18-12-13-19-40(34)45(41)31-16-10-7-11-17-31/h6-28H,5H2,1-4H3. The molecule has 220 valence electrons. The number of aromatic nitrogens is 2. The Labute approximate surface area is 264 Å². The Morgan fingerprint density at radius 2 is 1.02 bits per heavy atom. The highest BCUT2D eigenvalue weighted by molar-refractivity contribution is 6.12. The van der Waals surface area contributed by atoms with Crippen molar-refractivity contribution >= 4 is 60.7 Å². The van der Waals surface area contributed by atoms with Crippen molar-refractivity contribution in [3.05, 3.63) is 145 Å². The number of rotatable bonds is 5. The molecule has 0 radical (unpaired) electrons. The normalized spacial score (nSPS) is 12.1. The molecule has 2 aromatic heterocycles. The molecule has 6 aromatic carbocycles. The highest BCUT2D eigenvalue weighted by Gasteiger charge is 2.20. The van der Waals surface area contributed by atoms with E-state index in [0.29, 0.717) is 0 Å². The maximum atomic E-state index is 2.44. The maximum Gasteiger partial charge on any atom is 0.0542 e. The van der Waals surface area contributed by atoms with Gasteiger partial charge in [0.25, 0.3) is 0 Å². The largest absolute Gasteiger partial charge is 0.341 e. The zero-order valence-corrected chi connectivity index (χ0v) is 26.3. The van der Waals surface area contributed by atoms with Crippen LogP contribution in [0, 0.1) is 0 Å². The molecule has 0 unspecified atom stereocenters. The Kier molecular flexibility index (Phi) is 6.32. The van der Waals surface area contributed by atoms with Gasteiger partial charge in [-0.1, -0.05) is 81.4 Å². The second-order valence-electron chi connectivity index (χ2n) is 13.0. The topological polar surface area (TPSA) is 13.1 Å². The molecule has 45 heavy (non-hydrogen) atoms. The van der Waals surface area contributed by atoms with Gasteiger partial charge in [0.2, 0.25) is 0 Å². The molecule has 0 aliphatic heterocycles. The van der Waals surface area contributed by atoms with Crippen LogP contribution in [0.15, 0.2) is 140 Å². The summed E-state index contributed by atoms with van der Waals surface area (Å²) < 4.78 is 4.82. The Morgan fingerprint density at radius 1 is 0.489 bits per heavy atom. The lowest BCUT2D eigenvalue weighted by atomic mass is 9.86. The summed E-state index contributed by atoms with van der Waals surface area (Å²) in [5, 5.41) is 5.10. The first-order valence-corrected chi connectivity index (χ1v) is 15.9. The Bertz CT molecular complexity index is 2330. The van der Waals surface area contributed by atoms with E-state index < -0.39 is 0 Å². The second kappa shape index (κ2) is 10.4. The molecule has 0 spiro atoms. The predicted molar refractivity (Wildman–Crippen MR) is 193 cm³/mol. The molecule has 8 rings (SSSR count). The van der Waals surface area contributed by atoms with Crippen molar-refractivity contribution < 1.29 is 0 Å². The van der Waals surface area contributed by atoms with Crippen LogP contribution in [0.1, 0.15) is 33.3 Å². The summed E-state index contributed by atoms with van der Waals surface area (Å²) in [6.45, 7) is 10.0. The molecular weight excluding hydrogens is 546 g/mol. The van der Waals surface area contributed by atoms with Crippen LogP contribution in [0.2, 0.25) is 0 Å². The van der Waals surface area contributed by atoms with E-state index in [9.17, 15) is 0 Å². The molecule has 0 aliphatic carbocycles. The van der Waals surface area contributed by atoms with Crippen LogP contribution in [-0.4, -0.2) is 9.13 Å². The van der Waals surface area contributed by atoms with E-state index in [4.69, 9.17) is 0 Å². The third-order valence-electron chi connectivity index (χ3n) is 9.23. The van der Waals surface area contributed by atoms with Crippen molar-refractivity contribution in [1.82, 2.24) is 9.13 Å². The van der Waals surface area contributed by atoms with Gasteiger partial charge in [0.05, 0.1) is 11.0 Å². The molecule has 0 atom stereocenters. The monoisotopic (exact) mass is 583 g/mol. The van der Waals surface area contributed by atoms with E-state index >= 15 is 0 Å². The van der Waals surface area contributed by atoms with Crippen molar-refractivity contribution in [2.75, 3.05) is 4.90 Å². The summed E-state index contributed by atoms with van der Waals surface area (Å²) in [7, 11) is 0. The van der Waals surface area contributed by atoms with Gasteiger partial charge in [0.1, 0.15) is 0 Å². The summed E-state index contributed by atoms with van der Waals surface area (Å²) in [5.41, 5.74) is 11.0. The third kappa shape index (κ3) is 4.42. The van der Waals surface area contributed by atoms with Gasteiger partial charge in [0, 0.05) is 61.9 Å². The van der Waals surface area contributed by atoms with Crippen molar-refractivity contribution in [3.8, 4) is 5.69 Å². The molecule has 3 nitrogen and oxygen atoms in total. The fourth-order valence-electron chi connectivity index (χ4n) is 7.02. The third-order valence-corrected chi connectivity index (χ3v) is 9.23. The quantitative estimate of drug-likeness (QED) is 0.196. The number of aryl methyl sites for hydroxylation is 1. The Hall–Kier alpha value is -5.28. The lowest BCUT2D eigenvalue weighted by molar-refractivity contribution is 0.591. The molecule has 0 amide bonds. The predicted octanol–water partition coefficient (Wildman–Crippen LogP) is 11.7. The summed E-state index contributed by atoms with van der Waals surface area (Å²) in [5.74, 6) is 0. The van der Waals surface area contributed by atoms with Crippen molar-refractivity contribution in [2.45, 2.75) is 39.7 Å². The minimum Gasteiger partial charge on any atom is -0.341 e. The van der Waals surface area contributed by atoms with Crippen LogP contribution in [-0.2, 0) is 12.0 Å². The van der Waals surface area contributed by atoms with Gasteiger partial charge in [-0.15, -0.1) is 0 Å². The maximum absolute atomic E-state index is 2.44. The highest BCUT2D eigenvalue weighted by Crippen LogP contribution is 2.42. The number of benzene rings is 6. The minimum absolute atomic E-state index is 0.0802. The first-order valence-electron chi connectivity index (χ1n) is 15.9. The van der Waals surface area contributed by atoms with Gasteiger partial charge >= 0.3 is 0 Å². The summed E-state index contributed by atoms with van der Waals surface area (Å²) in [6.07, 6.45) is 0. The molecule has 0 N–H and O–H groups in total. The van der Waals surface area contributed by atoms with Crippen molar-refractivity contribution in [3.63, 3.8) is 0 Å². The number of hydrogen-bond acceptors (Lipinski definition) is 1. The minimum atomic E-state index is 0.0802. The fraction of sp³-hybridized carbons (Fsp3) is 0.143. The number of nitrogens with zero attached hydrogens (tertiary/aromatic N) is 3. The van der Waals surface area contributed by atoms with E-state index in [0.717, 1.165) is 23.6 Å². The molecule has 0 fully saturated rings. The molecule has 0 saturated heterocycles. The van der Waals surface area contributed by atoms with E-state index in [2.05, 4.69) is 181 Å². The van der Waals surface area contributed by atoms with Crippen molar-refractivity contribution in [1.29, 1.82) is 0 Å². The molecule has 0 aliphatic rings. The average molecular weight is 584 g/mol. The zero-order valence-electron chi connectivity index (χ0n) is 26.3. The van der Waals surface area contributed by atoms with Gasteiger partial charge in [-0.3, -0.25) is 0 Å².